The first-order valence-electron chi connectivity index (χ1n) is 6.24. The monoisotopic (exact) mass is 286 g/mol. The number of amides is 1. The highest BCUT2D eigenvalue weighted by Gasteiger charge is 2.13. The molecule has 1 heterocycles. The van der Waals surface area contributed by atoms with Crippen LogP contribution in [-0.2, 0) is 4.79 Å². The molecule has 2 rings (SSSR count). The van der Waals surface area contributed by atoms with Crippen molar-refractivity contribution in [2.45, 2.75) is 6.92 Å². The summed E-state index contributed by atoms with van der Waals surface area (Å²) < 4.78 is 5.21. The predicted molar refractivity (Wildman–Crippen MR) is 76.5 cm³/mol. The minimum atomic E-state index is -1.20. The molecule has 0 spiro atoms. The third kappa shape index (κ3) is 4.04. The van der Waals surface area contributed by atoms with Gasteiger partial charge in [0.2, 0.25) is 0 Å². The van der Waals surface area contributed by atoms with Crippen molar-refractivity contribution in [1.29, 1.82) is 0 Å². The van der Waals surface area contributed by atoms with Gasteiger partial charge in [-0.15, -0.1) is 0 Å². The number of pyridine rings is 1. The SMILES string of the molecule is Cc1cccc(NC(=O)COc2cccnc2C(=O)O)c1. The van der Waals surface area contributed by atoms with Crippen molar-refractivity contribution < 1.29 is 19.4 Å². The Balaban J connectivity index is 1.97. The van der Waals surface area contributed by atoms with E-state index in [1.807, 2.05) is 25.1 Å². The number of aromatic carboxylic acids is 1. The summed E-state index contributed by atoms with van der Waals surface area (Å²) in [6.07, 6.45) is 1.35. The van der Waals surface area contributed by atoms with Crippen molar-refractivity contribution in [3.63, 3.8) is 0 Å². The molecule has 6 heteroatoms. The minimum Gasteiger partial charge on any atom is -0.481 e. The van der Waals surface area contributed by atoms with Crippen LogP contribution in [0.25, 0.3) is 0 Å². The molecule has 0 unspecified atom stereocenters. The second-order valence-electron chi connectivity index (χ2n) is 4.36. The van der Waals surface area contributed by atoms with Gasteiger partial charge in [0.15, 0.2) is 18.1 Å². The number of benzene rings is 1. The summed E-state index contributed by atoms with van der Waals surface area (Å²) >= 11 is 0. The van der Waals surface area contributed by atoms with Crippen LogP contribution in [0.3, 0.4) is 0 Å². The Morgan fingerprint density at radius 1 is 1.29 bits per heavy atom. The summed E-state index contributed by atoms with van der Waals surface area (Å²) in [6, 6.07) is 10.3. The Bertz CT molecular complexity index is 670. The number of aromatic nitrogens is 1. The fourth-order valence-corrected chi connectivity index (χ4v) is 1.73. The molecule has 2 N–H and O–H groups in total. The van der Waals surface area contributed by atoms with Gasteiger partial charge in [0.25, 0.3) is 5.91 Å². The van der Waals surface area contributed by atoms with Crippen LogP contribution in [0.15, 0.2) is 42.6 Å². The Labute approximate surface area is 121 Å². The lowest BCUT2D eigenvalue weighted by Crippen LogP contribution is -2.21. The van der Waals surface area contributed by atoms with Crippen molar-refractivity contribution in [3.05, 3.63) is 53.9 Å². The average Bonchev–Trinajstić information content (AvgIpc) is 2.45. The van der Waals surface area contributed by atoms with Crippen LogP contribution in [0.2, 0.25) is 0 Å². The van der Waals surface area contributed by atoms with Gasteiger partial charge in [-0.3, -0.25) is 4.79 Å². The second kappa shape index (κ2) is 6.51. The Morgan fingerprint density at radius 2 is 2.10 bits per heavy atom. The van der Waals surface area contributed by atoms with Crippen molar-refractivity contribution in [2.75, 3.05) is 11.9 Å². The molecule has 0 saturated heterocycles. The van der Waals surface area contributed by atoms with E-state index in [0.717, 1.165) is 5.56 Å². The quantitative estimate of drug-likeness (QED) is 0.878. The topological polar surface area (TPSA) is 88.5 Å². The van der Waals surface area contributed by atoms with Crippen LogP contribution in [-0.4, -0.2) is 28.6 Å². The first-order chi connectivity index (χ1) is 10.1. The molecule has 0 atom stereocenters. The van der Waals surface area contributed by atoms with Gasteiger partial charge in [0, 0.05) is 11.9 Å². The van der Waals surface area contributed by atoms with Crippen molar-refractivity contribution in [1.82, 2.24) is 4.98 Å². The highest BCUT2D eigenvalue weighted by atomic mass is 16.5. The zero-order valence-electron chi connectivity index (χ0n) is 11.4. The summed E-state index contributed by atoms with van der Waals surface area (Å²) in [5, 5.41) is 11.6. The summed E-state index contributed by atoms with van der Waals surface area (Å²) in [5.74, 6) is -1.52. The number of carbonyl (C=O) groups is 2. The molecule has 6 nitrogen and oxygen atoms in total. The van der Waals surface area contributed by atoms with E-state index < -0.39 is 5.97 Å². The van der Waals surface area contributed by atoms with E-state index in [4.69, 9.17) is 9.84 Å². The summed E-state index contributed by atoms with van der Waals surface area (Å²) in [7, 11) is 0. The van der Waals surface area contributed by atoms with E-state index in [9.17, 15) is 9.59 Å². The second-order valence-corrected chi connectivity index (χ2v) is 4.36. The van der Waals surface area contributed by atoms with Gasteiger partial charge in [0.1, 0.15) is 0 Å². The molecule has 0 saturated carbocycles. The van der Waals surface area contributed by atoms with Crippen LogP contribution in [0.1, 0.15) is 16.1 Å². The van der Waals surface area contributed by atoms with Crippen molar-refractivity contribution >= 4 is 17.6 Å². The molecular formula is C15H14N2O4. The number of carboxylic acid groups (broad SMARTS) is 1. The smallest absolute Gasteiger partial charge is 0.358 e. The molecule has 0 bridgehead atoms. The Hall–Kier alpha value is -2.89. The molecule has 108 valence electrons. The molecule has 0 aliphatic heterocycles. The van der Waals surface area contributed by atoms with E-state index in [2.05, 4.69) is 10.3 Å². The fourth-order valence-electron chi connectivity index (χ4n) is 1.73. The van der Waals surface area contributed by atoms with E-state index in [1.54, 1.807) is 12.1 Å². The number of hydrogen-bond acceptors (Lipinski definition) is 4. The molecule has 0 radical (unpaired) electrons. The lowest BCUT2D eigenvalue weighted by Gasteiger charge is -2.09. The number of aryl methyl sites for hydroxylation is 1. The van der Waals surface area contributed by atoms with Gasteiger partial charge in [-0.1, -0.05) is 12.1 Å². The van der Waals surface area contributed by atoms with Gasteiger partial charge >= 0.3 is 5.97 Å². The maximum Gasteiger partial charge on any atom is 0.358 e. The minimum absolute atomic E-state index is 0.0596. The highest BCUT2D eigenvalue weighted by molar-refractivity contribution is 5.92. The summed E-state index contributed by atoms with van der Waals surface area (Å²) in [4.78, 5) is 26.4. The van der Waals surface area contributed by atoms with Gasteiger partial charge in [-0.25, -0.2) is 9.78 Å². The molecule has 1 aromatic heterocycles. The van der Waals surface area contributed by atoms with Crippen LogP contribution >= 0.6 is 0 Å². The zero-order valence-corrected chi connectivity index (χ0v) is 11.4. The normalized spacial score (nSPS) is 9.95. The molecule has 0 aliphatic rings. The first-order valence-corrected chi connectivity index (χ1v) is 6.24. The maximum atomic E-state index is 11.8. The van der Waals surface area contributed by atoms with Crippen LogP contribution in [0.4, 0.5) is 5.69 Å². The number of ether oxygens (including phenoxy) is 1. The number of nitrogens with one attached hydrogen (secondary N) is 1. The van der Waals surface area contributed by atoms with Crippen LogP contribution in [0.5, 0.6) is 5.75 Å². The number of rotatable bonds is 5. The van der Waals surface area contributed by atoms with Crippen LogP contribution < -0.4 is 10.1 Å². The van der Waals surface area contributed by atoms with Gasteiger partial charge < -0.3 is 15.2 Å². The molecule has 1 aromatic carbocycles. The Kier molecular flexibility index (Phi) is 4.50. The number of carbonyl (C=O) groups excluding carboxylic acids is 1. The molecular weight excluding hydrogens is 272 g/mol. The largest absolute Gasteiger partial charge is 0.481 e. The van der Waals surface area contributed by atoms with E-state index in [1.165, 1.54) is 12.3 Å². The van der Waals surface area contributed by atoms with Gasteiger partial charge in [-0.2, -0.15) is 0 Å². The van der Waals surface area contributed by atoms with E-state index >= 15 is 0 Å². The van der Waals surface area contributed by atoms with Crippen molar-refractivity contribution in [3.8, 4) is 5.75 Å². The van der Waals surface area contributed by atoms with Crippen LogP contribution in [0, 0.1) is 6.92 Å². The van der Waals surface area contributed by atoms with Crippen molar-refractivity contribution in [2.24, 2.45) is 0 Å². The number of nitrogens with zero attached hydrogens (tertiary/aromatic N) is 1. The summed E-state index contributed by atoms with van der Waals surface area (Å²) in [5.41, 5.74) is 1.46. The van der Waals surface area contributed by atoms with Gasteiger partial charge in [-0.05, 0) is 36.8 Å². The predicted octanol–water partition coefficient (Wildman–Crippen LogP) is 2.11. The maximum absolute atomic E-state index is 11.8. The number of hydrogen-bond donors (Lipinski definition) is 2. The van der Waals surface area contributed by atoms with E-state index in [0.29, 0.717) is 5.69 Å². The Morgan fingerprint density at radius 3 is 2.81 bits per heavy atom. The number of anilines is 1. The number of carboxylic acids is 1. The highest BCUT2D eigenvalue weighted by Crippen LogP contribution is 2.15. The molecule has 0 fully saturated rings. The van der Waals surface area contributed by atoms with E-state index in [-0.39, 0.29) is 24.0 Å². The van der Waals surface area contributed by atoms with Gasteiger partial charge in [0.05, 0.1) is 0 Å². The lowest BCUT2D eigenvalue weighted by atomic mass is 10.2. The third-order valence-electron chi connectivity index (χ3n) is 2.63. The lowest BCUT2D eigenvalue weighted by molar-refractivity contribution is -0.118. The summed E-state index contributed by atoms with van der Waals surface area (Å²) in [6.45, 7) is 1.63. The fraction of sp³-hybridized carbons (Fsp3) is 0.133. The standard InChI is InChI=1S/C15H14N2O4/c1-10-4-2-5-11(8-10)17-13(18)9-21-12-6-3-7-16-14(12)15(19)20/h2-8H,9H2,1H3,(H,17,18)(H,19,20). The first kappa shape index (κ1) is 14.5. The molecule has 2 aromatic rings. The zero-order chi connectivity index (χ0) is 15.2. The molecule has 0 aliphatic carbocycles. The molecule has 21 heavy (non-hydrogen) atoms. The average molecular weight is 286 g/mol. The molecule has 1 amide bonds. The third-order valence-corrected chi connectivity index (χ3v) is 2.63.